The van der Waals surface area contributed by atoms with Gasteiger partial charge in [-0.15, -0.1) is 0 Å². The van der Waals surface area contributed by atoms with E-state index in [0.29, 0.717) is 13.2 Å². The largest absolute Gasteiger partial charge is 0.450 e. The minimum absolute atomic E-state index is 0.265. The summed E-state index contributed by atoms with van der Waals surface area (Å²) in [5, 5.41) is 5.58. The molecule has 6 nitrogen and oxygen atoms in total. The third-order valence-electron chi connectivity index (χ3n) is 2.05. The monoisotopic (exact) mass is 256 g/mol. The number of amides is 1. The Morgan fingerprint density at radius 3 is 3.00 bits per heavy atom. The lowest BCUT2D eigenvalue weighted by Crippen LogP contribution is -2.40. The van der Waals surface area contributed by atoms with Crippen LogP contribution in [0.25, 0.3) is 0 Å². The first-order valence-electron chi connectivity index (χ1n) is 5.32. The quantitative estimate of drug-likeness (QED) is 0.780. The van der Waals surface area contributed by atoms with Gasteiger partial charge in [0.1, 0.15) is 5.82 Å². The van der Waals surface area contributed by atoms with Crippen LogP contribution in [0.1, 0.15) is 12.7 Å². The summed E-state index contributed by atoms with van der Waals surface area (Å²) in [6.45, 7) is 5.33. The van der Waals surface area contributed by atoms with Crippen LogP contribution in [0.2, 0.25) is 0 Å². The first-order chi connectivity index (χ1) is 8.13. The summed E-state index contributed by atoms with van der Waals surface area (Å²) in [5.41, 5.74) is 0. The predicted octanol–water partition coefficient (Wildman–Crippen LogP) is 0.812. The Bertz CT molecular complexity index is 391. The van der Waals surface area contributed by atoms with Crippen LogP contribution in [0, 0.1) is 6.92 Å². The van der Waals surface area contributed by atoms with Gasteiger partial charge in [0.2, 0.25) is 0 Å². The smallest absolute Gasteiger partial charge is 0.413 e. The lowest BCUT2D eigenvalue weighted by Gasteiger charge is -2.10. The van der Waals surface area contributed by atoms with Gasteiger partial charge in [-0.2, -0.15) is 0 Å². The van der Waals surface area contributed by atoms with E-state index in [2.05, 4.69) is 15.6 Å². The van der Waals surface area contributed by atoms with Crippen LogP contribution in [0.15, 0.2) is 12.4 Å². The zero-order chi connectivity index (χ0) is 12.7. The van der Waals surface area contributed by atoms with Crippen LogP contribution in [-0.2, 0) is 11.3 Å². The van der Waals surface area contributed by atoms with Crippen LogP contribution in [0.5, 0.6) is 0 Å². The average Bonchev–Trinajstić information content (AvgIpc) is 2.64. The number of hydrogen-bond donors (Lipinski definition) is 2. The number of nitrogens with one attached hydrogen (secondary N) is 2. The number of thiocarbonyl (C=S) groups is 1. The Morgan fingerprint density at radius 1 is 1.65 bits per heavy atom. The summed E-state index contributed by atoms with van der Waals surface area (Å²) >= 11 is 4.92. The van der Waals surface area contributed by atoms with E-state index < -0.39 is 6.09 Å². The van der Waals surface area contributed by atoms with Crippen LogP contribution < -0.4 is 10.6 Å². The number of aryl methyl sites for hydroxylation is 1. The van der Waals surface area contributed by atoms with Crippen molar-refractivity contribution in [3.63, 3.8) is 0 Å². The van der Waals surface area contributed by atoms with Crippen molar-refractivity contribution in [1.29, 1.82) is 0 Å². The molecule has 2 N–H and O–H groups in total. The van der Waals surface area contributed by atoms with E-state index >= 15 is 0 Å². The van der Waals surface area contributed by atoms with Crippen molar-refractivity contribution in [3.8, 4) is 0 Å². The van der Waals surface area contributed by atoms with Crippen LogP contribution in [-0.4, -0.2) is 33.9 Å². The Balaban J connectivity index is 2.21. The highest BCUT2D eigenvalue weighted by Gasteiger charge is 2.03. The molecule has 0 saturated heterocycles. The van der Waals surface area contributed by atoms with Gasteiger partial charge in [-0.1, -0.05) is 0 Å². The fourth-order valence-electron chi connectivity index (χ4n) is 1.23. The van der Waals surface area contributed by atoms with Crippen molar-refractivity contribution in [2.24, 2.45) is 0 Å². The molecule has 0 saturated carbocycles. The number of aromatic nitrogens is 2. The normalized spacial score (nSPS) is 9.76. The number of alkyl carbamates (subject to hydrolysis) is 1. The fourth-order valence-corrected chi connectivity index (χ4v) is 1.42. The molecule has 0 aromatic carbocycles. The SMILES string of the molecule is CCOC(=O)NC(=S)NCCn1ccnc1C. The van der Waals surface area contributed by atoms with E-state index in [9.17, 15) is 4.79 Å². The Morgan fingerprint density at radius 2 is 2.41 bits per heavy atom. The van der Waals surface area contributed by atoms with Gasteiger partial charge < -0.3 is 14.6 Å². The molecule has 94 valence electrons. The van der Waals surface area contributed by atoms with Crippen molar-refractivity contribution in [2.75, 3.05) is 13.2 Å². The van der Waals surface area contributed by atoms with Crippen molar-refractivity contribution in [1.82, 2.24) is 20.2 Å². The zero-order valence-corrected chi connectivity index (χ0v) is 10.7. The molecule has 7 heteroatoms. The number of carbonyl (C=O) groups is 1. The highest BCUT2D eigenvalue weighted by Crippen LogP contribution is 1.93. The molecule has 1 aromatic rings. The maximum Gasteiger partial charge on any atom is 0.413 e. The van der Waals surface area contributed by atoms with Gasteiger partial charge in [0.05, 0.1) is 6.61 Å². The van der Waals surface area contributed by atoms with Crippen LogP contribution >= 0.6 is 12.2 Å². The maximum absolute atomic E-state index is 11.0. The summed E-state index contributed by atoms with van der Waals surface area (Å²) in [5.74, 6) is 0.941. The minimum atomic E-state index is -0.538. The Hall–Kier alpha value is -1.63. The molecule has 0 aliphatic rings. The predicted molar refractivity (Wildman–Crippen MR) is 67.7 cm³/mol. The van der Waals surface area contributed by atoms with E-state index in [1.807, 2.05) is 17.7 Å². The standard InChI is InChI=1S/C10H16N4O2S/c1-3-16-10(15)13-9(17)12-5-7-14-6-4-11-8(14)2/h4,6H,3,5,7H2,1-2H3,(H2,12,13,15,17). The van der Waals surface area contributed by atoms with E-state index in [1.165, 1.54) is 0 Å². The summed E-state index contributed by atoms with van der Waals surface area (Å²) in [6, 6.07) is 0. The molecule has 0 unspecified atom stereocenters. The van der Waals surface area contributed by atoms with Gasteiger partial charge in [0, 0.05) is 25.5 Å². The molecule has 1 heterocycles. The van der Waals surface area contributed by atoms with Crippen molar-refractivity contribution >= 4 is 23.4 Å². The number of imidazole rings is 1. The molecule has 1 aromatic heterocycles. The summed E-state index contributed by atoms with van der Waals surface area (Å²) in [4.78, 5) is 15.1. The second-order valence-electron chi connectivity index (χ2n) is 3.27. The molecule has 0 atom stereocenters. The molecule has 0 radical (unpaired) electrons. The number of ether oxygens (including phenoxy) is 1. The number of rotatable bonds is 4. The van der Waals surface area contributed by atoms with Gasteiger partial charge in [-0.3, -0.25) is 5.32 Å². The first-order valence-corrected chi connectivity index (χ1v) is 5.73. The van der Waals surface area contributed by atoms with Crippen LogP contribution in [0.3, 0.4) is 0 Å². The van der Waals surface area contributed by atoms with Gasteiger partial charge in [0.25, 0.3) is 0 Å². The zero-order valence-electron chi connectivity index (χ0n) is 9.90. The fraction of sp³-hybridized carbons (Fsp3) is 0.500. The molecular weight excluding hydrogens is 240 g/mol. The van der Waals surface area contributed by atoms with Gasteiger partial charge in [-0.05, 0) is 26.1 Å². The Kier molecular flexibility index (Phi) is 5.41. The molecule has 0 aliphatic heterocycles. The topological polar surface area (TPSA) is 68.2 Å². The third kappa shape index (κ3) is 4.81. The van der Waals surface area contributed by atoms with Gasteiger partial charge in [-0.25, -0.2) is 9.78 Å². The first kappa shape index (κ1) is 13.4. The van der Waals surface area contributed by atoms with E-state index in [0.717, 1.165) is 12.4 Å². The lowest BCUT2D eigenvalue weighted by atomic mass is 10.5. The molecule has 1 rings (SSSR count). The van der Waals surface area contributed by atoms with Gasteiger partial charge in [0.15, 0.2) is 5.11 Å². The number of nitrogens with zero attached hydrogens (tertiary/aromatic N) is 2. The number of carbonyl (C=O) groups excluding carboxylic acids is 1. The van der Waals surface area contributed by atoms with Crippen molar-refractivity contribution < 1.29 is 9.53 Å². The van der Waals surface area contributed by atoms with Crippen molar-refractivity contribution in [2.45, 2.75) is 20.4 Å². The molecular formula is C10H16N4O2S. The number of hydrogen-bond acceptors (Lipinski definition) is 4. The van der Waals surface area contributed by atoms with Crippen molar-refractivity contribution in [3.05, 3.63) is 18.2 Å². The van der Waals surface area contributed by atoms with Gasteiger partial charge >= 0.3 is 6.09 Å². The molecule has 0 bridgehead atoms. The van der Waals surface area contributed by atoms with E-state index in [-0.39, 0.29) is 5.11 Å². The average molecular weight is 256 g/mol. The summed E-state index contributed by atoms with van der Waals surface area (Å²) < 4.78 is 6.68. The lowest BCUT2D eigenvalue weighted by molar-refractivity contribution is 0.157. The molecule has 0 aliphatic carbocycles. The highest BCUT2D eigenvalue weighted by molar-refractivity contribution is 7.80. The summed E-state index contributed by atoms with van der Waals surface area (Å²) in [7, 11) is 0. The van der Waals surface area contributed by atoms with E-state index in [4.69, 9.17) is 17.0 Å². The summed E-state index contributed by atoms with van der Waals surface area (Å²) in [6.07, 6.45) is 3.09. The second kappa shape index (κ2) is 6.85. The maximum atomic E-state index is 11.0. The minimum Gasteiger partial charge on any atom is -0.450 e. The molecule has 0 spiro atoms. The molecule has 17 heavy (non-hydrogen) atoms. The Labute approximate surface area is 105 Å². The third-order valence-corrected chi connectivity index (χ3v) is 2.30. The highest BCUT2D eigenvalue weighted by atomic mass is 32.1. The second-order valence-corrected chi connectivity index (χ2v) is 3.68. The molecule has 1 amide bonds. The van der Waals surface area contributed by atoms with Crippen LogP contribution in [0.4, 0.5) is 4.79 Å². The molecule has 0 fully saturated rings. The van der Waals surface area contributed by atoms with E-state index in [1.54, 1.807) is 13.1 Å².